The van der Waals surface area contributed by atoms with Gasteiger partial charge in [0.1, 0.15) is 11.2 Å². The highest BCUT2D eigenvalue weighted by molar-refractivity contribution is 5.71. The van der Waals surface area contributed by atoms with Crippen LogP contribution in [0.15, 0.2) is 51.9 Å². The first-order valence-electron chi connectivity index (χ1n) is 9.01. The standard InChI is InChI=1S/C20H26N4O2/c1-23(2)13-12-21-11-6-9-18-22-19-17(10-14-26-19)20(25)24(18)15-16-7-4-3-5-8-16/h3-5,7-8,10,14,21H,6,9,11-13,15H2,1-2H3. The maximum atomic E-state index is 12.9. The minimum absolute atomic E-state index is 0.0387. The van der Waals surface area contributed by atoms with Gasteiger partial charge in [-0.05, 0) is 38.7 Å². The van der Waals surface area contributed by atoms with Gasteiger partial charge in [-0.25, -0.2) is 0 Å². The zero-order valence-corrected chi connectivity index (χ0v) is 15.4. The number of aromatic nitrogens is 2. The van der Waals surface area contributed by atoms with E-state index in [1.54, 1.807) is 10.6 Å². The summed E-state index contributed by atoms with van der Waals surface area (Å²) < 4.78 is 7.14. The van der Waals surface area contributed by atoms with Crippen molar-refractivity contribution in [2.45, 2.75) is 19.4 Å². The minimum atomic E-state index is -0.0387. The molecule has 26 heavy (non-hydrogen) atoms. The molecule has 0 bridgehead atoms. The Morgan fingerprint density at radius 3 is 2.73 bits per heavy atom. The fourth-order valence-corrected chi connectivity index (χ4v) is 2.91. The van der Waals surface area contributed by atoms with Crippen LogP contribution in [0.1, 0.15) is 17.8 Å². The summed E-state index contributed by atoms with van der Waals surface area (Å²) >= 11 is 0. The smallest absolute Gasteiger partial charge is 0.265 e. The van der Waals surface area contributed by atoms with Crippen molar-refractivity contribution in [2.75, 3.05) is 33.7 Å². The van der Waals surface area contributed by atoms with Crippen molar-refractivity contribution in [3.63, 3.8) is 0 Å². The molecular weight excluding hydrogens is 328 g/mol. The first-order valence-corrected chi connectivity index (χ1v) is 9.01. The van der Waals surface area contributed by atoms with Crippen LogP contribution in [0.5, 0.6) is 0 Å². The van der Waals surface area contributed by atoms with E-state index in [2.05, 4.69) is 29.3 Å². The Labute approximate surface area is 153 Å². The van der Waals surface area contributed by atoms with Crippen molar-refractivity contribution in [2.24, 2.45) is 0 Å². The van der Waals surface area contributed by atoms with E-state index in [0.717, 1.165) is 43.9 Å². The fourth-order valence-electron chi connectivity index (χ4n) is 2.91. The summed E-state index contributed by atoms with van der Waals surface area (Å²) in [6.07, 6.45) is 3.17. The third-order valence-corrected chi connectivity index (χ3v) is 4.34. The Kier molecular flexibility index (Phi) is 6.20. The van der Waals surface area contributed by atoms with Gasteiger partial charge in [-0.15, -0.1) is 0 Å². The van der Waals surface area contributed by atoms with Crippen molar-refractivity contribution in [1.29, 1.82) is 0 Å². The molecule has 3 rings (SSSR count). The predicted octanol–water partition coefficient (Wildman–Crippen LogP) is 2.12. The van der Waals surface area contributed by atoms with E-state index in [0.29, 0.717) is 17.6 Å². The quantitative estimate of drug-likeness (QED) is 0.597. The molecule has 3 aromatic rings. The highest BCUT2D eigenvalue weighted by Crippen LogP contribution is 2.12. The van der Waals surface area contributed by atoms with Gasteiger partial charge in [-0.2, -0.15) is 4.98 Å². The number of hydrogen-bond donors (Lipinski definition) is 1. The number of nitrogens with one attached hydrogen (secondary N) is 1. The molecule has 0 atom stereocenters. The fraction of sp³-hybridized carbons (Fsp3) is 0.400. The van der Waals surface area contributed by atoms with Crippen LogP contribution in [0.2, 0.25) is 0 Å². The predicted molar refractivity (Wildman–Crippen MR) is 104 cm³/mol. The van der Waals surface area contributed by atoms with Crippen LogP contribution in [-0.2, 0) is 13.0 Å². The average Bonchev–Trinajstić information content (AvgIpc) is 3.10. The Morgan fingerprint density at radius 1 is 1.15 bits per heavy atom. The first kappa shape index (κ1) is 18.4. The lowest BCUT2D eigenvalue weighted by Crippen LogP contribution is -2.28. The maximum Gasteiger partial charge on any atom is 0.265 e. The third-order valence-electron chi connectivity index (χ3n) is 4.34. The lowest BCUT2D eigenvalue weighted by atomic mass is 10.2. The number of furan rings is 1. The number of fused-ring (bicyclic) bond motifs is 1. The molecule has 6 nitrogen and oxygen atoms in total. The van der Waals surface area contributed by atoms with Gasteiger partial charge in [0, 0.05) is 19.5 Å². The van der Waals surface area contributed by atoms with Crippen LogP contribution in [0.25, 0.3) is 11.1 Å². The van der Waals surface area contributed by atoms with Crippen molar-refractivity contribution < 1.29 is 4.42 Å². The van der Waals surface area contributed by atoms with Crippen LogP contribution in [-0.4, -0.2) is 48.2 Å². The van der Waals surface area contributed by atoms with Crippen LogP contribution < -0.4 is 10.9 Å². The third kappa shape index (κ3) is 4.59. The average molecular weight is 354 g/mol. The SMILES string of the molecule is CN(C)CCNCCCc1nc2occc2c(=O)n1Cc1ccccc1. The summed E-state index contributed by atoms with van der Waals surface area (Å²) in [6, 6.07) is 11.7. The van der Waals surface area contributed by atoms with E-state index in [9.17, 15) is 4.79 Å². The normalized spacial score (nSPS) is 11.5. The molecule has 0 aliphatic rings. The van der Waals surface area contributed by atoms with Crippen LogP contribution in [0, 0.1) is 0 Å². The minimum Gasteiger partial charge on any atom is -0.446 e. The van der Waals surface area contributed by atoms with Gasteiger partial charge < -0.3 is 14.6 Å². The molecule has 0 aliphatic carbocycles. The van der Waals surface area contributed by atoms with E-state index in [-0.39, 0.29) is 5.56 Å². The second-order valence-corrected chi connectivity index (χ2v) is 6.70. The van der Waals surface area contributed by atoms with E-state index < -0.39 is 0 Å². The molecule has 0 fully saturated rings. The largest absolute Gasteiger partial charge is 0.446 e. The lowest BCUT2D eigenvalue weighted by Gasteiger charge is -2.13. The van der Waals surface area contributed by atoms with Gasteiger partial charge >= 0.3 is 0 Å². The van der Waals surface area contributed by atoms with Crippen molar-refractivity contribution >= 4 is 11.1 Å². The number of hydrogen-bond acceptors (Lipinski definition) is 5. The highest BCUT2D eigenvalue weighted by atomic mass is 16.3. The molecule has 0 unspecified atom stereocenters. The maximum absolute atomic E-state index is 12.9. The second-order valence-electron chi connectivity index (χ2n) is 6.70. The van der Waals surface area contributed by atoms with E-state index in [4.69, 9.17) is 4.42 Å². The van der Waals surface area contributed by atoms with Crippen LogP contribution >= 0.6 is 0 Å². The molecule has 0 saturated carbocycles. The number of nitrogens with zero attached hydrogens (tertiary/aromatic N) is 3. The number of benzene rings is 1. The summed E-state index contributed by atoms with van der Waals surface area (Å²) in [4.78, 5) is 19.6. The number of rotatable bonds is 9. The Hall–Kier alpha value is -2.44. The van der Waals surface area contributed by atoms with Crippen molar-refractivity contribution in [3.8, 4) is 0 Å². The van der Waals surface area contributed by atoms with Gasteiger partial charge in [0.05, 0.1) is 12.8 Å². The zero-order chi connectivity index (χ0) is 18.4. The number of aryl methyl sites for hydroxylation is 1. The van der Waals surface area contributed by atoms with Gasteiger partial charge in [-0.3, -0.25) is 9.36 Å². The summed E-state index contributed by atoms with van der Waals surface area (Å²) in [5, 5.41) is 3.96. The highest BCUT2D eigenvalue weighted by Gasteiger charge is 2.13. The zero-order valence-electron chi connectivity index (χ0n) is 15.4. The molecule has 0 radical (unpaired) electrons. The molecule has 0 amide bonds. The van der Waals surface area contributed by atoms with Gasteiger partial charge in [0.2, 0.25) is 5.71 Å². The van der Waals surface area contributed by atoms with Crippen LogP contribution in [0.3, 0.4) is 0 Å². The second kappa shape index (κ2) is 8.78. The summed E-state index contributed by atoms with van der Waals surface area (Å²) in [6.45, 7) is 3.38. The Bertz CT molecular complexity index is 884. The molecule has 1 aromatic carbocycles. The van der Waals surface area contributed by atoms with E-state index in [1.807, 2.05) is 30.3 Å². The molecule has 2 aromatic heterocycles. The lowest BCUT2D eigenvalue weighted by molar-refractivity contribution is 0.399. The molecule has 0 saturated heterocycles. The molecule has 6 heteroatoms. The first-order chi connectivity index (χ1) is 12.6. The van der Waals surface area contributed by atoms with Crippen molar-refractivity contribution in [3.05, 3.63) is 64.4 Å². The van der Waals surface area contributed by atoms with Gasteiger partial charge in [-0.1, -0.05) is 30.3 Å². The molecule has 2 heterocycles. The van der Waals surface area contributed by atoms with E-state index >= 15 is 0 Å². The molecule has 1 N–H and O–H groups in total. The number of likely N-dealkylation sites (N-methyl/N-ethyl adjacent to an activating group) is 1. The monoisotopic (exact) mass is 354 g/mol. The summed E-state index contributed by atoms with van der Waals surface area (Å²) in [5.41, 5.74) is 1.47. The Morgan fingerprint density at radius 2 is 1.96 bits per heavy atom. The molecule has 0 spiro atoms. The van der Waals surface area contributed by atoms with Gasteiger partial charge in [0.25, 0.3) is 5.56 Å². The Balaban J connectivity index is 1.74. The summed E-state index contributed by atoms with van der Waals surface area (Å²) in [7, 11) is 4.12. The van der Waals surface area contributed by atoms with Crippen molar-refractivity contribution in [1.82, 2.24) is 19.8 Å². The van der Waals surface area contributed by atoms with E-state index in [1.165, 1.54) is 6.26 Å². The topological polar surface area (TPSA) is 63.3 Å². The van der Waals surface area contributed by atoms with Gasteiger partial charge in [0.15, 0.2) is 0 Å². The molecular formula is C20H26N4O2. The molecule has 0 aliphatic heterocycles. The van der Waals surface area contributed by atoms with Crippen LogP contribution in [0.4, 0.5) is 0 Å². The summed E-state index contributed by atoms with van der Waals surface area (Å²) in [5.74, 6) is 0.774. The molecule has 138 valence electrons.